The fourth-order valence-electron chi connectivity index (χ4n) is 6.92. The normalized spacial score (nSPS) is 11.2. The lowest BCUT2D eigenvalue weighted by Crippen LogP contribution is -2.04. The first-order valence-electron chi connectivity index (χ1n) is 17.0. The predicted molar refractivity (Wildman–Crippen MR) is 206 cm³/mol. The molecule has 250 valence electrons. The summed E-state index contributed by atoms with van der Waals surface area (Å²) in [4.78, 5) is 15.0. The Kier molecular flexibility index (Phi) is 7.83. The summed E-state index contributed by atoms with van der Waals surface area (Å²) in [5, 5.41) is 11.7. The third-order valence-corrected chi connectivity index (χ3v) is 9.37. The molecule has 0 unspecified atom stereocenters. The van der Waals surface area contributed by atoms with Gasteiger partial charge in [0.1, 0.15) is 11.6 Å². The molecule has 0 spiro atoms. The molecule has 9 aromatic rings. The van der Waals surface area contributed by atoms with Crippen LogP contribution in [0.25, 0.3) is 83.9 Å². The van der Waals surface area contributed by atoms with Crippen LogP contribution in [0.3, 0.4) is 0 Å². The van der Waals surface area contributed by atoms with Gasteiger partial charge in [-0.05, 0) is 70.8 Å². The van der Waals surface area contributed by atoms with Gasteiger partial charge in [-0.3, -0.25) is 0 Å². The van der Waals surface area contributed by atoms with E-state index in [0.717, 1.165) is 55.8 Å². The number of nitriles is 1. The van der Waals surface area contributed by atoms with Gasteiger partial charge in [-0.25, -0.2) is 23.7 Å². The first kappa shape index (κ1) is 31.7. The molecule has 0 saturated carbocycles. The van der Waals surface area contributed by atoms with Gasteiger partial charge in [0.25, 0.3) is 0 Å². The van der Waals surface area contributed by atoms with Gasteiger partial charge in [0, 0.05) is 33.5 Å². The van der Waals surface area contributed by atoms with Crippen LogP contribution in [0.5, 0.6) is 0 Å². The van der Waals surface area contributed by atoms with Crippen molar-refractivity contribution in [1.82, 2.24) is 19.5 Å². The van der Waals surface area contributed by atoms with E-state index in [1.165, 1.54) is 12.1 Å². The highest BCUT2D eigenvalue weighted by Gasteiger charge is 2.21. The number of halogens is 2. The summed E-state index contributed by atoms with van der Waals surface area (Å²) >= 11 is 0. The van der Waals surface area contributed by atoms with Crippen molar-refractivity contribution >= 4 is 21.8 Å². The molecule has 53 heavy (non-hydrogen) atoms. The molecule has 2 heterocycles. The minimum atomic E-state index is -0.668. The molecule has 0 aliphatic heterocycles. The lowest BCUT2D eigenvalue weighted by Gasteiger charge is -2.17. The maximum Gasteiger partial charge on any atom is 0.166 e. The van der Waals surface area contributed by atoms with Crippen molar-refractivity contribution in [2.75, 3.05) is 0 Å². The molecule has 0 amide bonds. The molecule has 0 radical (unpaired) electrons. The summed E-state index contributed by atoms with van der Waals surface area (Å²) in [7, 11) is 0. The lowest BCUT2D eigenvalue weighted by molar-refractivity contribution is 0.584. The average Bonchev–Trinajstić information content (AvgIpc) is 3.54. The van der Waals surface area contributed by atoms with E-state index in [0.29, 0.717) is 39.7 Å². The van der Waals surface area contributed by atoms with E-state index in [-0.39, 0.29) is 0 Å². The van der Waals surface area contributed by atoms with Gasteiger partial charge in [0.15, 0.2) is 17.5 Å². The Morgan fingerprint density at radius 1 is 0.434 bits per heavy atom. The molecule has 5 nitrogen and oxygen atoms in total. The van der Waals surface area contributed by atoms with Gasteiger partial charge in [-0.1, -0.05) is 109 Å². The Bertz CT molecular complexity index is 2800. The second-order valence-electron chi connectivity index (χ2n) is 12.7. The van der Waals surface area contributed by atoms with Crippen molar-refractivity contribution in [1.29, 1.82) is 5.26 Å². The van der Waals surface area contributed by atoms with Gasteiger partial charge < -0.3 is 4.57 Å². The van der Waals surface area contributed by atoms with Crippen LogP contribution in [-0.4, -0.2) is 19.5 Å². The van der Waals surface area contributed by atoms with E-state index in [2.05, 4.69) is 41.0 Å². The first-order chi connectivity index (χ1) is 26.0. The SMILES string of the molecule is N#Cc1cccc(-c2ccc3c4ccccc4n(-c4ccc(-c5cc(F)cc(F)c5)cc4-c4nc(-c5ccccc5)nc(-c5ccccc5)n4)c3c2)c1. The summed E-state index contributed by atoms with van der Waals surface area (Å²) in [6.07, 6.45) is 0. The van der Waals surface area contributed by atoms with Gasteiger partial charge >= 0.3 is 0 Å². The summed E-state index contributed by atoms with van der Waals surface area (Å²) in [5.74, 6) is 0.0436. The van der Waals surface area contributed by atoms with Crippen molar-refractivity contribution < 1.29 is 8.78 Å². The lowest BCUT2D eigenvalue weighted by atomic mass is 10.00. The highest BCUT2D eigenvalue weighted by atomic mass is 19.1. The molecular weight excluding hydrogens is 661 g/mol. The molecule has 9 rings (SSSR count). The minimum Gasteiger partial charge on any atom is -0.308 e. The Morgan fingerprint density at radius 3 is 1.70 bits per heavy atom. The molecule has 0 aliphatic carbocycles. The van der Waals surface area contributed by atoms with Crippen LogP contribution < -0.4 is 0 Å². The van der Waals surface area contributed by atoms with E-state index < -0.39 is 11.6 Å². The molecule has 0 fully saturated rings. The maximum atomic E-state index is 14.6. The first-order valence-corrected chi connectivity index (χ1v) is 17.0. The summed E-state index contributed by atoms with van der Waals surface area (Å²) in [5.41, 5.74) is 8.36. The zero-order valence-electron chi connectivity index (χ0n) is 28.1. The topological polar surface area (TPSA) is 67.4 Å². The molecule has 0 aliphatic rings. The van der Waals surface area contributed by atoms with Crippen LogP contribution >= 0.6 is 0 Å². The van der Waals surface area contributed by atoms with E-state index in [1.807, 2.05) is 109 Å². The van der Waals surface area contributed by atoms with Crippen molar-refractivity contribution in [3.8, 4) is 68.2 Å². The number of para-hydroxylation sites is 1. The van der Waals surface area contributed by atoms with Gasteiger partial charge in [-0.15, -0.1) is 0 Å². The van der Waals surface area contributed by atoms with Gasteiger partial charge in [0.05, 0.1) is 28.4 Å². The number of hydrogen-bond acceptors (Lipinski definition) is 4. The van der Waals surface area contributed by atoms with Crippen molar-refractivity contribution in [2.45, 2.75) is 0 Å². The average molecular weight is 688 g/mol. The Balaban J connectivity index is 1.36. The van der Waals surface area contributed by atoms with Crippen molar-refractivity contribution in [3.05, 3.63) is 181 Å². The largest absolute Gasteiger partial charge is 0.308 e. The summed E-state index contributed by atoms with van der Waals surface area (Å²) in [6.45, 7) is 0. The summed E-state index contributed by atoms with van der Waals surface area (Å²) in [6, 6.07) is 53.0. The number of hydrogen-bond donors (Lipinski definition) is 0. The molecule has 7 aromatic carbocycles. The highest BCUT2D eigenvalue weighted by Crippen LogP contribution is 2.39. The number of aromatic nitrogens is 4. The quantitative estimate of drug-likeness (QED) is 0.174. The Hall–Kier alpha value is -7.30. The monoisotopic (exact) mass is 687 g/mol. The number of nitrogens with zero attached hydrogens (tertiary/aromatic N) is 5. The predicted octanol–water partition coefficient (Wildman–Crippen LogP) is 11.5. The Labute approximate surface area is 303 Å². The molecule has 0 saturated heterocycles. The fourth-order valence-corrected chi connectivity index (χ4v) is 6.92. The minimum absolute atomic E-state index is 0.387. The second-order valence-corrected chi connectivity index (χ2v) is 12.7. The van der Waals surface area contributed by atoms with Crippen LogP contribution in [0.2, 0.25) is 0 Å². The van der Waals surface area contributed by atoms with Gasteiger partial charge in [-0.2, -0.15) is 5.26 Å². The molecule has 0 bridgehead atoms. The van der Waals surface area contributed by atoms with E-state index in [1.54, 1.807) is 6.07 Å². The van der Waals surface area contributed by atoms with Crippen LogP contribution in [-0.2, 0) is 0 Å². The van der Waals surface area contributed by atoms with Crippen LogP contribution in [0, 0.1) is 23.0 Å². The zero-order chi connectivity index (χ0) is 35.9. The third-order valence-electron chi connectivity index (χ3n) is 9.37. The van der Waals surface area contributed by atoms with Crippen LogP contribution in [0.4, 0.5) is 8.78 Å². The van der Waals surface area contributed by atoms with Crippen molar-refractivity contribution in [2.24, 2.45) is 0 Å². The third kappa shape index (κ3) is 5.88. The Morgan fingerprint density at radius 2 is 1.00 bits per heavy atom. The fraction of sp³-hybridized carbons (Fsp3) is 0. The molecule has 2 aromatic heterocycles. The van der Waals surface area contributed by atoms with Crippen LogP contribution in [0.1, 0.15) is 5.56 Å². The van der Waals surface area contributed by atoms with Crippen molar-refractivity contribution in [3.63, 3.8) is 0 Å². The van der Waals surface area contributed by atoms with Gasteiger partial charge in [0.2, 0.25) is 0 Å². The summed E-state index contributed by atoms with van der Waals surface area (Å²) < 4.78 is 31.4. The van der Waals surface area contributed by atoms with E-state index >= 15 is 0 Å². The van der Waals surface area contributed by atoms with E-state index in [9.17, 15) is 14.0 Å². The smallest absolute Gasteiger partial charge is 0.166 e. The maximum absolute atomic E-state index is 14.6. The molecular formula is C46H27F2N5. The number of rotatable bonds is 6. The van der Waals surface area contributed by atoms with E-state index in [4.69, 9.17) is 15.0 Å². The molecule has 0 atom stereocenters. The zero-order valence-corrected chi connectivity index (χ0v) is 28.1. The van der Waals surface area contributed by atoms with Crippen LogP contribution in [0.15, 0.2) is 164 Å². The molecule has 7 heteroatoms. The highest BCUT2D eigenvalue weighted by molar-refractivity contribution is 6.10. The number of fused-ring (bicyclic) bond motifs is 3. The molecule has 0 N–H and O–H groups in total. The number of benzene rings is 7. The standard InChI is InChI=1S/C46H27F2N5/c47-36-23-35(24-37(48)27-36)33-19-21-42(40(25-33)46-51-44(30-11-3-1-4-12-30)50-45(52-46)31-13-5-2-6-14-31)53-41-17-8-7-16-38(41)39-20-18-34(26-43(39)53)32-15-9-10-29(22-32)28-49/h1-27H. The second kappa shape index (κ2) is 13.1.